The summed E-state index contributed by atoms with van der Waals surface area (Å²) in [5.74, 6) is -1.43. The summed E-state index contributed by atoms with van der Waals surface area (Å²) in [4.78, 5) is 3.65. The predicted molar refractivity (Wildman–Crippen MR) is 51.8 cm³/mol. The number of aromatic nitrogens is 1. The number of hydrogen-bond acceptors (Lipinski definition) is 4. The van der Waals surface area contributed by atoms with Gasteiger partial charge in [-0.15, -0.1) is 13.2 Å². The lowest BCUT2D eigenvalue weighted by Crippen LogP contribution is -2.18. The van der Waals surface area contributed by atoms with Crippen LogP contribution in [-0.2, 0) is 5.33 Å². The molecule has 0 saturated carbocycles. The first-order valence-corrected chi connectivity index (χ1v) is 5.08. The van der Waals surface area contributed by atoms with Crippen molar-refractivity contribution in [3.63, 3.8) is 0 Å². The lowest BCUT2D eigenvalue weighted by atomic mass is 10.3. The van der Waals surface area contributed by atoms with E-state index in [9.17, 15) is 18.3 Å². The standard InChI is InChI=1S/C8H7BrF3NO3/c1-15-7-6(16-8(10,11)12)2-5(14)4(3-9)13-7/h2,14H,3H2,1H3. The lowest BCUT2D eigenvalue weighted by molar-refractivity contribution is -0.275. The molecular weight excluding hydrogens is 295 g/mol. The molecule has 0 radical (unpaired) electrons. The van der Waals surface area contributed by atoms with Gasteiger partial charge in [-0.05, 0) is 0 Å². The summed E-state index contributed by atoms with van der Waals surface area (Å²) in [6.45, 7) is 0. The Balaban J connectivity index is 3.13. The predicted octanol–water partition coefficient (Wildman–Crippen LogP) is 2.59. The van der Waals surface area contributed by atoms with Crippen molar-refractivity contribution in [3.05, 3.63) is 11.8 Å². The van der Waals surface area contributed by atoms with Crippen LogP contribution in [0.3, 0.4) is 0 Å². The summed E-state index contributed by atoms with van der Waals surface area (Å²) < 4.78 is 44.2. The molecule has 0 aromatic carbocycles. The van der Waals surface area contributed by atoms with Crippen molar-refractivity contribution < 1.29 is 27.8 Å². The second kappa shape index (κ2) is 4.77. The normalized spacial score (nSPS) is 11.3. The molecular formula is C8H7BrF3NO3. The topological polar surface area (TPSA) is 51.6 Å². The van der Waals surface area contributed by atoms with Crippen LogP contribution in [0.25, 0.3) is 0 Å². The summed E-state index contributed by atoms with van der Waals surface area (Å²) in [5.41, 5.74) is 0.159. The molecule has 8 heteroatoms. The van der Waals surface area contributed by atoms with E-state index in [4.69, 9.17) is 0 Å². The van der Waals surface area contributed by atoms with Crippen LogP contribution in [0.2, 0.25) is 0 Å². The first kappa shape index (κ1) is 12.9. The molecule has 1 heterocycles. The van der Waals surface area contributed by atoms with E-state index < -0.39 is 17.9 Å². The molecule has 0 spiro atoms. The van der Waals surface area contributed by atoms with Crippen molar-refractivity contribution in [2.75, 3.05) is 7.11 Å². The van der Waals surface area contributed by atoms with Crippen molar-refractivity contribution in [1.82, 2.24) is 4.98 Å². The molecule has 1 N–H and O–H groups in total. The molecule has 4 nitrogen and oxygen atoms in total. The first-order chi connectivity index (χ1) is 7.37. The summed E-state index contributed by atoms with van der Waals surface area (Å²) in [6, 6.07) is 0.802. The van der Waals surface area contributed by atoms with Gasteiger partial charge in [-0.1, -0.05) is 15.9 Å². The number of halogens is 4. The number of alkyl halides is 4. The average molecular weight is 302 g/mol. The third kappa shape index (κ3) is 3.16. The molecule has 0 aliphatic heterocycles. The van der Waals surface area contributed by atoms with Crippen molar-refractivity contribution >= 4 is 15.9 Å². The third-order valence-corrected chi connectivity index (χ3v) is 2.09. The molecule has 0 atom stereocenters. The fraction of sp³-hybridized carbons (Fsp3) is 0.375. The summed E-state index contributed by atoms with van der Waals surface area (Å²) in [7, 11) is 1.15. The average Bonchev–Trinajstić information content (AvgIpc) is 2.16. The van der Waals surface area contributed by atoms with E-state index in [2.05, 4.69) is 30.4 Å². The zero-order chi connectivity index (χ0) is 12.3. The lowest BCUT2D eigenvalue weighted by Gasteiger charge is -2.13. The van der Waals surface area contributed by atoms with Gasteiger partial charge in [0, 0.05) is 11.4 Å². The molecule has 16 heavy (non-hydrogen) atoms. The summed E-state index contributed by atoms with van der Waals surface area (Å²) in [6.07, 6.45) is -4.86. The molecule has 90 valence electrons. The van der Waals surface area contributed by atoms with Gasteiger partial charge in [0.2, 0.25) is 0 Å². The van der Waals surface area contributed by atoms with Gasteiger partial charge in [-0.2, -0.15) is 0 Å². The zero-order valence-electron chi connectivity index (χ0n) is 8.01. The van der Waals surface area contributed by atoms with E-state index in [1.807, 2.05) is 0 Å². The van der Waals surface area contributed by atoms with E-state index in [0.717, 1.165) is 13.2 Å². The van der Waals surface area contributed by atoms with Crippen LogP contribution in [0.4, 0.5) is 13.2 Å². The number of nitrogens with zero attached hydrogens (tertiary/aromatic N) is 1. The van der Waals surface area contributed by atoms with Crippen LogP contribution in [-0.4, -0.2) is 23.6 Å². The SMILES string of the molecule is COc1nc(CBr)c(O)cc1OC(F)(F)F. The van der Waals surface area contributed by atoms with Gasteiger partial charge < -0.3 is 14.6 Å². The van der Waals surface area contributed by atoms with Gasteiger partial charge >= 0.3 is 6.36 Å². The monoisotopic (exact) mass is 301 g/mol. The highest BCUT2D eigenvalue weighted by Crippen LogP contribution is 2.35. The highest BCUT2D eigenvalue weighted by molar-refractivity contribution is 9.08. The van der Waals surface area contributed by atoms with Crippen molar-refractivity contribution in [3.8, 4) is 17.4 Å². The fourth-order valence-electron chi connectivity index (χ4n) is 0.947. The van der Waals surface area contributed by atoms with E-state index in [1.165, 1.54) is 0 Å². The van der Waals surface area contributed by atoms with Crippen LogP contribution in [0.5, 0.6) is 17.4 Å². The first-order valence-electron chi connectivity index (χ1n) is 3.96. The molecule has 0 aliphatic carbocycles. The molecule has 0 saturated heterocycles. The van der Waals surface area contributed by atoms with Crippen LogP contribution < -0.4 is 9.47 Å². The summed E-state index contributed by atoms with van der Waals surface area (Å²) in [5, 5.41) is 9.49. The van der Waals surface area contributed by atoms with Gasteiger partial charge in [-0.3, -0.25) is 0 Å². The maximum Gasteiger partial charge on any atom is 0.573 e. The van der Waals surface area contributed by atoms with E-state index in [1.54, 1.807) is 0 Å². The van der Waals surface area contributed by atoms with Gasteiger partial charge in [0.1, 0.15) is 5.75 Å². The smallest absolute Gasteiger partial charge is 0.506 e. The van der Waals surface area contributed by atoms with Gasteiger partial charge in [0.05, 0.1) is 12.8 Å². The fourth-order valence-corrected chi connectivity index (χ4v) is 1.36. The van der Waals surface area contributed by atoms with E-state index in [0.29, 0.717) is 0 Å². The van der Waals surface area contributed by atoms with Gasteiger partial charge in [-0.25, -0.2) is 4.98 Å². The summed E-state index contributed by atoms with van der Waals surface area (Å²) >= 11 is 3.02. The number of ether oxygens (including phenoxy) is 2. The Bertz CT molecular complexity index is 384. The number of aromatic hydroxyl groups is 1. The van der Waals surface area contributed by atoms with E-state index in [-0.39, 0.29) is 16.9 Å². The number of pyridine rings is 1. The molecule has 1 aromatic heterocycles. The van der Waals surface area contributed by atoms with Crippen LogP contribution in [0.15, 0.2) is 6.07 Å². The zero-order valence-corrected chi connectivity index (χ0v) is 9.59. The Morgan fingerprint density at radius 2 is 2.12 bits per heavy atom. The Kier molecular flexibility index (Phi) is 3.84. The molecule has 0 unspecified atom stereocenters. The maximum absolute atomic E-state index is 12.0. The highest BCUT2D eigenvalue weighted by Gasteiger charge is 2.33. The maximum atomic E-state index is 12.0. The van der Waals surface area contributed by atoms with Crippen LogP contribution in [0.1, 0.15) is 5.69 Å². The van der Waals surface area contributed by atoms with E-state index >= 15 is 0 Å². The Morgan fingerprint density at radius 3 is 2.56 bits per heavy atom. The van der Waals surface area contributed by atoms with Crippen molar-refractivity contribution in [1.29, 1.82) is 0 Å². The Labute approximate surface area is 97.1 Å². The highest BCUT2D eigenvalue weighted by atomic mass is 79.9. The quantitative estimate of drug-likeness (QED) is 0.872. The molecule has 1 aromatic rings. The number of methoxy groups -OCH3 is 1. The molecule has 0 aliphatic rings. The van der Waals surface area contributed by atoms with Gasteiger partial charge in [0.25, 0.3) is 5.88 Å². The second-order valence-electron chi connectivity index (χ2n) is 2.64. The minimum atomic E-state index is -4.86. The Morgan fingerprint density at radius 1 is 1.50 bits per heavy atom. The molecule has 0 bridgehead atoms. The Hall–Kier alpha value is -1.18. The molecule has 0 fully saturated rings. The van der Waals surface area contributed by atoms with Crippen molar-refractivity contribution in [2.24, 2.45) is 0 Å². The molecule has 0 amide bonds. The minimum Gasteiger partial charge on any atom is -0.506 e. The van der Waals surface area contributed by atoms with Crippen LogP contribution in [0, 0.1) is 0 Å². The molecule has 1 rings (SSSR count). The number of hydrogen-bond donors (Lipinski definition) is 1. The van der Waals surface area contributed by atoms with Crippen molar-refractivity contribution in [2.45, 2.75) is 11.7 Å². The van der Waals surface area contributed by atoms with Crippen LogP contribution >= 0.6 is 15.9 Å². The second-order valence-corrected chi connectivity index (χ2v) is 3.20. The van der Waals surface area contributed by atoms with Gasteiger partial charge in [0.15, 0.2) is 5.75 Å². The third-order valence-electron chi connectivity index (χ3n) is 1.56. The largest absolute Gasteiger partial charge is 0.573 e. The number of rotatable bonds is 3. The minimum absolute atomic E-state index is 0.159.